The third-order valence-electron chi connectivity index (χ3n) is 4.86. The minimum absolute atomic E-state index is 0. The van der Waals surface area contributed by atoms with Gasteiger partial charge in [-0.25, -0.2) is 9.78 Å². The molecule has 0 amide bonds. The van der Waals surface area contributed by atoms with Crippen LogP contribution < -0.4 is 10.6 Å². The van der Waals surface area contributed by atoms with Gasteiger partial charge in [-0.15, -0.1) is 35.3 Å². The van der Waals surface area contributed by atoms with Gasteiger partial charge < -0.3 is 20.3 Å². The number of ether oxygens (including phenoxy) is 1. The zero-order valence-corrected chi connectivity index (χ0v) is 21.3. The van der Waals surface area contributed by atoms with Crippen LogP contribution >= 0.6 is 35.3 Å². The number of carbonyl (C=O) groups excluding carboxylic acids is 1. The first-order valence-electron chi connectivity index (χ1n) is 10.4. The minimum atomic E-state index is -0.299. The van der Waals surface area contributed by atoms with E-state index >= 15 is 0 Å². The van der Waals surface area contributed by atoms with Crippen molar-refractivity contribution in [2.75, 3.05) is 39.8 Å². The second-order valence-electron chi connectivity index (χ2n) is 7.16. The van der Waals surface area contributed by atoms with Crippen molar-refractivity contribution in [1.29, 1.82) is 0 Å². The second-order valence-corrected chi connectivity index (χ2v) is 8.19. The topological polar surface area (TPSA) is 78.8 Å². The number of aryl methyl sites for hydroxylation is 1. The third-order valence-corrected chi connectivity index (χ3v) is 6.18. The molecule has 0 aliphatic carbocycles. The van der Waals surface area contributed by atoms with Crippen LogP contribution in [0.3, 0.4) is 0 Å². The summed E-state index contributed by atoms with van der Waals surface area (Å²) in [5.74, 6) is 0.459. The van der Waals surface area contributed by atoms with Crippen molar-refractivity contribution in [3.63, 3.8) is 0 Å². The Balaban J connectivity index is 0.00000420. The first-order chi connectivity index (χ1) is 13.5. The number of nitrogens with zero attached hydrogens (tertiary/aromatic N) is 3. The van der Waals surface area contributed by atoms with Gasteiger partial charge in [0, 0.05) is 13.6 Å². The van der Waals surface area contributed by atoms with Crippen molar-refractivity contribution in [2.24, 2.45) is 4.99 Å². The van der Waals surface area contributed by atoms with E-state index in [1.54, 1.807) is 7.05 Å². The summed E-state index contributed by atoms with van der Waals surface area (Å²) >= 11 is 1.38. The number of rotatable bonds is 8. The molecule has 0 saturated carbocycles. The lowest BCUT2D eigenvalue weighted by Crippen LogP contribution is -2.40. The Morgan fingerprint density at radius 3 is 2.62 bits per heavy atom. The number of guanidine groups is 1. The van der Waals surface area contributed by atoms with Crippen molar-refractivity contribution < 1.29 is 9.53 Å². The highest BCUT2D eigenvalue weighted by Crippen LogP contribution is 2.24. The number of hydrogen-bond donors (Lipinski definition) is 2. The Bertz CT molecular complexity index is 645. The van der Waals surface area contributed by atoms with Gasteiger partial charge >= 0.3 is 5.97 Å². The van der Waals surface area contributed by atoms with E-state index in [0.29, 0.717) is 17.2 Å². The summed E-state index contributed by atoms with van der Waals surface area (Å²) in [5, 5.41) is 7.61. The molecule has 2 heterocycles. The highest BCUT2D eigenvalue weighted by atomic mass is 127. The first-order valence-corrected chi connectivity index (χ1v) is 11.2. The van der Waals surface area contributed by atoms with Crippen LogP contribution in [0.4, 0.5) is 0 Å². The molecule has 0 radical (unpaired) electrons. The first kappa shape index (κ1) is 26.1. The smallest absolute Gasteiger partial charge is 0.350 e. The Kier molecular flexibility index (Phi) is 12.7. The monoisotopic (exact) mass is 537 g/mol. The molecule has 1 atom stereocenters. The van der Waals surface area contributed by atoms with Crippen molar-refractivity contribution in [1.82, 2.24) is 20.5 Å². The molecular weight excluding hydrogens is 501 g/mol. The minimum Gasteiger partial charge on any atom is -0.462 e. The van der Waals surface area contributed by atoms with E-state index in [0.717, 1.165) is 30.5 Å². The highest BCUT2D eigenvalue weighted by Gasteiger charge is 2.20. The number of halogens is 1. The van der Waals surface area contributed by atoms with E-state index < -0.39 is 0 Å². The molecule has 0 spiro atoms. The lowest BCUT2D eigenvalue weighted by Gasteiger charge is -2.20. The Labute approximate surface area is 196 Å². The molecule has 0 bridgehead atoms. The van der Waals surface area contributed by atoms with Crippen LogP contribution in [-0.4, -0.2) is 61.6 Å². The Morgan fingerprint density at radius 1 is 1.31 bits per heavy atom. The SMILES string of the molecule is CCOC(=O)c1sc(C(C)NC(=NC)NCCCN2CCCCCC2)nc1C.I. The molecule has 1 unspecified atom stereocenters. The van der Waals surface area contributed by atoms with Gasteiger partial charge in [0.25, 0.3) is 0 Å². The molecule has 1 aromatic heterocycles. The zero-order chi connectivity index (χ0) is 20.4. The average molecular weight is 538 g/mol. The molecule has 1 aliphatic rings. The van der Waals surface area contributed by atoms with E-state index in [4.69, 9.17) is 4.74 Å². The summed E-state index contributed by atoms with van der Waals surface area (Å²) in [5.41, 5.74) is 0.715. The number of aliphatic imine (C=N–C) groups is 1. The maximum atomic E-state index is 12.0. The summed E-state index contributed by atoms with van der Waals surface area (Å²) < 4.78 is 5.10. The summed E-state index contributed by atoms with van der Waals surface area (Å²) in [4.78, 5) is 24.0. The largest absolute Gasteiger partial charge is 0.462 e. The van der Waals surface area contributed by atoms with E-state index in [1.165, 1.54) is 50.1 Å². The van der Waals surface area contributed by atoms with E-state index in [1.807, 2.05) is 20.8 Å². The van der Waals surface area contributed by atoms with Crippen LogP contribution in [0.25, 0.3) is 0 Å². The maximum Gasteiger partial charge on any atom is 0.350 e. The van der Waals surface area contributed by atoms with Crippen LogP contribution in [-0.2, 0) is 4.74 Å². The zero-order valence-electron chi connectivity index (χ0n) is 18.1. The predicted octanol–water partition coefficient (Wildman–Crippen LogP) is 3.74. The maximum absolute atomic E-state index is 12.0. The van der Waals surface area contributed by atoms with Crippen LogP contribution in [0.1, 0.15) is 72.4 Å². The quantitative estimate of drug-likeness (QED) is 0.173. The van der Waals surface area contributed by atoms with Gasteiger partial charge in [0.05, 0.1) is 18.3 Å². The molecule has 2 N–H and O–H groups in total. The fourth-order valence-electron chi connectivity index (χ4n) is 3.32. The number of carbonyl (C=O) groups is 1. The Morgan fingerprint density at radius 2 is 2.00 bits per heavy atom. The lowest BCUT2D eigenvalue weighted by atomic mass is 10.2. The van der Waals surface area contributed by atoms with Gasteiger partial charge in [0.1, 0.15) is 9.88 Å². The van der Waals surface area contributed by atoms with Gasteiger partial charge in [-0.3, -0.25) is 4.99 Å². The van der Waals surface area contributed by atoms with Gasteiger partial charge in [-0.05, 0) is 59.7 Å². The molecule has 0 aromatic carbocycles. The van der Waals surface area contributed by atoms with E-state index in [2.05, 4.69) is 25.5 Å². The summed E-state index contributed by atoms with van der Waals surface area (Å²) in [7, 11) is 1.77. The molecule has 7 nitrogen and oxygen atoms in total. The van der Waals surface area contributed by atoms with Crippen molar-refractivity contribution in [2.45, 2.75) is 58.9 Å². The molecular formula is C20H36IN5O2S. The number of likely N-dealkylation sites (tertiary alicyclic amines) is 1. The lowest BCUT2D eigenvalue weighted by molar-refractivity contribution is 0.0531. The van der Waals surface area contributed by atoms with Crippen molar-refractivity contribution in [3.8, 4) is 0 Å². The van der Waals surface area contributed by atoms with Gasteiger partial charge in [-0.2, -0.15) is 0 Å². The second kappa shape index (κ2) is 14.1. The molecule has 1 aromatic rings. The average Bonchev–Trinajstić information content (AvgIpc) is 2.89. The summed E-state index contributed by atoms with van der Waals surface area (Å²) in [6, 6.07) is -0.0383. The summed E-state index contributed by atoms with van der Waals surface area (Å²) in [6.07, 6.45) is 6.50. The third kappa shape index (κ3) is 8.75. The van der Waals surface area contributed by atoms with E-state index in [-0.39, 0.29) is 36.0 Å². The number of aromatic nitrogens is 1. The number of hydrogen-bond acceptors (Lipinski definition) is 6. The van der Waals surface area contributed by atoms with Crippen molar-refractivity contribution in [3.05, 3.63) is 15.6 Å². The van der Waals surface area contributed by atoms with Crippen LogP contribution in [0.5, 0.6) is 0 Å². The normalized spacial score (nSPS) is 16.5. The van der Waals surface area contributed by atoms with Gasteiger partial charge in [-0.1, -0.05) is 12.8 Å². The Hall–Kier alpha value is -0.940. The standard InChI is InChI=1S/C20H35N5O2S.HI/c1-5-27-19(26)17-15(2)23-18(28-17)16(3)24-20(21-4)22-11-10-14-25-12-8-6-7-9-13-25;/h16H,5-14H2,1-4H3,(H2,21,22,24);1H. The van der Waals surface area contributed by atoms with Crippen LogP contribution in [0.2, 0.25) is 0 Å². The molecule has 9 heteroatoms. The fraction of sp³-hybridized carbons (Fsp3) is 0.750. The molecule has 1 saturated heterocycles. The van der Waals surface area contributed by atoms with Gasteiger partial charge in [0.15, 0.2) is 5.96 Å². The van der Waals surface area contributed by atoms with Crippen LogP contribution in [0.15, 0.2) is 4.99 Å². The molecule has 29 heavy (non-hydrogen) atoms. The fourth-order valence-corrected chi connectivity index (χ4v) is 4.28. The van der Waals surface area contributed by atoms with E-state index in [9.17, 15) is 4.79 Å². The predicted molar refractivity (Wildman–Crippen MR) is 131 cm³/mol. The molecule has 2 rings (SSSR count). The molecule has 1 fully saturated rings. The molecule has 166 valence electrons. The van der Waals surface area contributed by atoms with Gasteiger partial charge in [0.2, 0.25) is 0 Å². The highest BCUT2D eigenvalue weighted by molar-refractivity contribution is 14.0. The van der Waals surface area contributed by atoms with Crippen LogP contribution in [0, 0.1) is 6.92 Å². The summed E-state index contributed by atoms with van der Waals surface area (Å²) in [6.45, 7) is 10.5. The number of thiazole rings is 1. The molecule has 1 aliphatic heterocycles. The van der Waals surface area contributed by atoms with Crippen molar-refractivity contribution >= 4 is 47.2 Å². The number of nitrogens with one attached hydrogen (secondary N) is 2. The number of esters is 1.